The number of ether oxygens (including phenoxy) is 3. The third-order valence-corrected chi connectivity index (χ3v) is 26.1. The Morgan fingerprint density at radius 1 is 0.215 bits per heavy atom. The summed E-state index contributed by atoms with van der Waals surface area (Å²) in [6.07, 6.45) is 142. The lowest BCUT2D eigenvalue weighted by atomic mass is 10.0. The number of aliphatic hydroxyl groups is 2. The summed E-state index contributed by atoms with van der Waals surface area (Å²) in [5.74, 6) is -1.55. The number of allylic oxidation sites excluding steroid dienone is 26. The number of rotatable bonds is 106. The molecule has 0 aliphatic carbocycles. The number of phosphoric acid groups is 2. The number of unbranched alkanes of at least 4 members (excludes halogenated alkanes) is 57. The predicted octanol–water partition coefficient (Wildman–Crippen LogP) is 35.9. The van der Waals surface area contributed by atoms with Crippen molar-refractivity contribution < 1.29 is 75.8 Å². The first-order valence-corrected chi connectivity index (χ1v) is 58.8. The highest BCUT2D eigenvalue weighted by molar-refractivity contribution is 7.47. The quantitative estimate of drug-likeness (QED) is 0.0146. The zero-order valence-electron chi connectivity index (χ0n) is 86.8. The Bertz CT molecular complexity index is 3090. The highest BCUT2D eigenvalue weighted by Crippen LogP contribution is 2.45. The second kappa shape index (κ2) is 108. The molecule has 0 aromatic carbocycles. The van der Waals surface area contributed by atoms with Gasteiger partial charge in [0.25, 0.3) is 0 Å². The summed E-state index contributed by atoms with van der Waals surface area (Å²) in [4.78, 5) is 59.4. The maximum absolute atomic E-state index is 13.2. The number of hydrogen-bond donors (Lipinski definition) is 4. The van der Waals surface area contributed by atoms with E-state index in [9.17, 15) is 43.5 Å². The van der Waals surface area contributed by atoms with Gasteiger partial charge in [-0.1, -0.05) is 493 Å². The molecule has 0 spiro atoms. The van der Waals surface area contributed by atoms with Gasteiger partial charge in [0, 0.05) is 19.3 Å². The average molecular weight is 1930 g/mol. The third-order valence-electron chi connectivity index (χ3n) is 24.2. The van der Waals surface area contributed by atoms with E-state index in [0.29, 0.717) is 19.3 Å². The summed E-state index contributed by atoms with van der Waals surface area (Å²) in [5.41, 5.74) is 0. The van der Waals surface area contributed by atoms with Crippen LogP contribution in [0.5, 0.6) is 0 Å². The van der Waals surface area contributed by atoms with Crippen molar-refractivity contribution in [2.75, 3.05) is 39.6 Å². The molecule has 5 unspecified atom stereocenters. The summed E-state index contributed by atoms with van der Waals surface area (Å²) in [6, 6.07) is 0. The molecule has 0 aromatic rings. The van der Waals surface area contributed by atoms with Gasteiger partial charge in [0.2, 0.25) is 0 Å². The maximum atomic E-state index is 13.2. The van der Waals surface area contributed by atoms with Gasteiger partial charge in [-0.3, -0.25) is 32.5 Å². The van der Waals surface area contributed by atoms with E-state index in [1.54, 1.807) is 0 Å². The summed E-state index contributed by atoms with van der Waals surface area (Å²) in [6.45, 7) is 2.62. The smallest absolute Gasteiger partial charge is 0.463 e. The molecule has 16 nitrogen and oxygen atoms in total. The molecule has 0 saturated carbocycles. The molecule has 0 radical (unpaired) electrons. The lowest BCUT2D eigenvalue weighted by Crippen LogP contribution is -2.30. The van der Waals surface area contributed by atoms with Gasteiger partial charge in [0.05, 0.1) is 26.4 Å². The van der Waals surface area contributed by atoms with Gasteiger partial charge in [-0.25, -0.2) is 9.13 Å². The Labute approximate surface area is 829 Å². The van der Waals surface area contributed by atoms with Crippen LogP contribution < -0.4 is 0 Å². The largest absolute Gasteiger partial charge is 0.472 e. The Morgan fingerprint density at radius 2 is 0.393 bits per heavy atom. The van der Waals surface area contributed by atoms with Crippen LogP contribution in [0.3, 0.4) is 0 Å². The minimum Gasteiger partial charge on any atom is -0.463 e. The van der Waals surface area contributed by atoms with Crippen LogP contribution in [0.4, 0.5) is 0 Å². The van der Waals surface area contributed by atoms with Gasteiger partial charge >= 0.3 is 33.6 Å². The molecule has 0 bridgehead atoms. The summed E-state index contributed by atoms with van der Waals surface area (Å²) >= 11 is 0. The maximum Gasteiger partial charge on any atom is 0.472 e. The molecule has 135 heavy (non-hydrogen) atoms. The summed E-state index contributed by atoms with van der Waals surface area (Å²) < 4.78 is 61.9. The van der Waals surface area contributed by atoms with Crippen LogP contribution in [0.25, 0.3) is 0 Å². The number of aliphatic hydroxyl groups excluding tert-OH is 2. The van der Waals surface area contributed by atoms with E-state index < -0.39 is 91.5 Å². The van der Waals surface area contributed by atoms with E-state index in [0.717, 1.165) is 135 Å². The van der Waals surface area contributed by atoms with E-state index in [2.05, 4.69) is 179 Å². The van der Waals surface area contributed by atoms with Crippen molar-refractivity contribution in [3.05, 3.63) is 158 Å². The first-order valence-electron chi connectivity index (χ1n) is 55.8. The predicted molar refractivity (Wildman–Crippen MR) is 574 cm³/mol. The molecule has 0 fully saturated rings. The second-order valence-electron chi connectivity index (χ2n) is 37.4. The minimum absolute atomic E-state index is 0.106. The first-order chi connectivity index (χ1) is 66.2. The first kappa shape index (κ1) is 130. The Hall–Kier alpha value is -4.83. The van der Waals surface area contributed by atoms with Gasteiger partial charge < -0.3 is 34.2 Å². The van der Waals surface area contributed by atoms with Crippen LogP contribution in [-0.4, -0.2) is 95.9 Å². The molecule has 0 rings (SSSR count). The number of phosphoric ester groups is 2. The van der Waals surface area contributed by atoms with Crippen LogP contribution >= 0.6 is 15.6 Å². The standard InChI is InChI=1S/C117H206O16P2/c1-4-7-10-13-16-19-22-25-28-31-34-37-40-43-46-49-52-55-58-61-64-67-70-73-76-79-82-85-88-91-94-97-100-103-115(120)127-106-112(118)107-129-134(123,124)130-108-113(119)109-131-135(125,126)132-111-114(133-117(122)105-102-99-96-93-90-87-84-81-78-75-72-69-66-63-60-57-54-51-48-45-42-39-36-33-30-27-24-21-18-15-12-9-6-3)110-128-116(121)104-101-98-95-92-89-86-83-80-77-74-71-68-65-62-59-56-53-50-47-44-41-38-35-32-29-26-23-20-17-14-11-8-5-2/h7,10,16-21,25-30,34-39,43-48,112-114,118-119H,4-6,8-9,11-15,22-24,31-33,40-42,49-111H2,1-3H3,(H,123,124)(H,125,126)/b10-7-,19-16-,20-17-,21-18-,28-25-,29-26-,30-27-,37-34-,38-35-,39-36-,46-43-,47-44-,48-45-. The molecule has 4 N–H and O–H groups in total. The molecule has 0 aromatic heterocycles. The normalized spacial score (nSPS) is 14.2. The van der Waals surface area contributed by atoms with Gasteiger partial charge in [-0.15, -0.1) is 0 Å². The molecule has 0 saturated heterocycles. The lowest BCUT2D eigenvalue weighted by Gasteiger charge is -2.21. The zero-order valence-corrected chi connectivity index (χ0v) is 88.6. The van der Waals surface area contributed by atoms with Crippen molar-refractivity contribution in [2.24, 2.45) is 0 Å². The zero-order chi connectivity index (χ0) is 97.8. The van der Waals surface area contributed by atoms with Crippen molar-refractivity contribution in [3.8, 4) is 0 Å². The molecule has 780 valence electrons. The second-order valence-corrected chi connectivity index (χ2v) is 40.3. The van der Waals surface area contributed by atoms with Crippen LogP contribution in [0.15, 0.2) is 158 Å². The molecular formula is C117H206O16P2. The molecule has 0 aliphatic heterocycles. The Kier molecular flexibility index (Phi) is 104. The van der Waals surface area contributed by atoms with Gasteiger partial charge in [0.1, 0.15) is 25.4 Å². The number of carbonyl (C=O) groups is 3. The van der Waals surface area contributed by atoms with Crippen LogP contribution in [0.1, 0.15) is 509 Å². The number of hydrogen-bond acceptors (Lipinski definition) is 14. The fourth-order valence-electron chi connectivity index (χ4n) is 15.8. The number of carbonyl (C=O) groups excluding carboxylic acids is 3. The monoisotopic (exact) mass is 1930 g/mol. The minimum atomic E-state index is -4.95. The Morgan fingerprint density at radius 3 is 0.622 bits per heavy atom. The van der Waals surface area contributed by atoms with Crippen LogP contribution in [-0.2, 0) is 55.8 Å². The molecule has 5 atom stereocenters. The molecular weight excluding hydrogens is 1720 g/mol. The van der Waals surface area contributed by atoms with Crippen molar-refractivity contribution in [1.82, 2.24) is 0 Å². The fraction of sp³-hybridized carbons (Fsp3) is 0.752. The molecule has 0 aliphatic rings. The topological polar surface area (TPSA) is 231 Å². The molecule has 0 heterocycles. The van der Waals surface area contributed by atoms with E-state index in [1.807, 2.05) is 0 Å². The average Bonchev–Trinajstić information content (AvgIpc) is 0.891. The summed E-state index contributed by atoms with van der Waals surface area (Å²) in [5, 5.41) is 20.8. The van der Waals surface area contributed by atoms with Crippen LogP contribution in [0.2, 0.25) is 0 Å². The third kappa shape index (κ3) is 109. The van der Waals surface area contributed by atoms with Crippen molar-refractivity contribution in [3.63, 3.8) is 0 Å². The fourth-order valence-corrected chi connectivity index (χ4v) is 17.4. The van der Waals surface area contributed by atoms with Crippen LogP contribution in [0, 0.1) is 0 Å². The SMILES string of the molecule is CC/C=C\C/C=C\C/C=C\C/C=C\C/C=C\CCCCCCCCCCCCCCCCCCCC(=O)OCC(O)COP(=O)(O)OCC(O)COP(=O)(O)OCC(COC(=O)CCCCCCCCCCCCCCCCCCC/C=C\C/C=C\C/C=C\C/C=C\CCCCC)OC(=O)CCCCCCCCCCCCCCCCCCC/C=C\C/C=C\C/C=C\C/C=C\CCCCC. The van der Waals surface area contributed by atoms with Gasteiger partial charge in [0.15, 0.2) is 6.10 Å². The highest BCUT2D eigenvalue weighted by atomic mass is 31.2. The van der Waals surface area contributed by atoms with E-state index in [1.165, 1.54) is 315 Å². The number of esters is 3. The van der Waals surface area contributed by atoms with Gasteiger partial charge in [-0.05, 0) is 154 Å². The van der Waals surface area contributed by atoms with E-state index in [4.69, 9.17) is 32.3 Å². The van der Waals surface area contributed by atoms with Crippen molar-refractivity contribution >= 4 is 33.6 Å². The van der Waals surface area contributed by atoms with Crippen molar-refractivity contribution in [2.45, 2.75) is 527 Å². The molecule has 18 heteroatoms. The van der Waals surface area contributed by atoms with Crippen molar-refractivity contribution in [1.29, 1.82) is 0 Å². The molecule has 0 amide bonds. The van der Waals surface area contributed by atoms with E-state index >= 15 is 0 Å². The highest BCUT2D eigenvalue weighted by Gasteiger charge is 2.30. The Balaban J connectivity index is 4.60. The van der Waals surface area contributed by atoms with Gasteiger partial charge in [-0.2, -0.15) is 0 Å². The lowest BCUT2D eigenvalue weighted by molar-refractivity contribution is -0.161. The summed E-state index contributed by atoms with van der Waals surface area (Å²) in [7, 11) is -9.82. The van der Waals surface area contributed by atoms with E-state index in [-0.39, 0.29) is 19.3 Å².